The number of nitrogens with zero attached hydrogens (tertiary/aromatic N) is 3. The molecule has 0 spiro atoms. The van der Waals surface area contributed by atoms with Gasteiger partial charge in [-0.2, -0.15) is 5.10 Å². The molecule has 1 atom stereocenters. The van der Waals surface area contributed by atoms with E-state index in [2.05, 4.69) is 9.84 Å². The van der Waals surface area contributed by atoms with Crippen molar-refractivity contribution >= 4 is 11.7 Å². The Hall–Kier alpha value is -3.03. The standard InChI is InChI=1S/C14H13N3O5/c1-9(14(19)22-2)16-13(18)8-7-12(15-16)10-3-5-11(6-4-10)17(20)21/h3-9H,1-2H3. The number of hydrogen-bond acceptors (Lipinski definition) is 6. The molecule has 1 aromatic heterocycles. The maximum absolute atomic E-state index is 11.8. The maximum Gasteiger partial charge on any atom is 0.330 e. The van der Waals surface area contributed by atoms with Crippen LogP contribution < -0.4 is 5.56 Å². The number of nitro groups is 1. The van der Waals surface area contributed by atoms with E-state index in [9.17, 15) is 19.7 Å². The lowest BCUT2D eigenvalue weighted by molar-refractivity contribution is -0.384. The number of nitro benzene ring substituents is 1. The average molecular weight is 303 g/mol. The number of non-ortho nitro benzene ring substituents is 1. The Balaban J connectivity index is 2.43. The van der Waals surface area contributed by atoms with Gasteiger partial charge < -0.3 is 4.74 Å². The van der Waals surface area contributed by atoms with Gasteiger partial charge in [0.05, 0.1) is 17.7 Å². The molecular weight excluding hydrogens is 290 g/mol. The SMILES string of the molecule is COC(=O)C(C)n1nc(-c2ccc([N+](=O)[O-])cc2)ccc1=O. The third-order valence-electron chi connectivity index (χ3n) is 3.11. The first-order chi connectivity index (χ1) is 10.4. The molecule has 0 amide bonds. The minimum Gasteiger partial charge on any atom is -0.467 e. The molecule has 0 radical (unpaired) electrons. The van der Waals surface area contributed by atoms with Gasteiger partial charge in [-0.1, -0.05) is 0 Å². The Morgan fingerprint density at radius 2 is 1.91 bits per heavy atom. The Morgan fingerprint density at radius 1 is 1.27 bits per heavy atom. The third-order valence-corrected chi connectivity index (χ3v) is 3.11. The summed E-state index contributed by atoms with van der Waals surface area (Å²) in [5, 5.41) is 14.8. The van der Waals surface area contributed by atoms with Gasteiger partial charge in [0.15, 0.2) is 6.04 Å². The van der Waals surface area contributed by atoms with Crippen molar-refractivity contribution in [3.63, 3.8) is 0 Å². The first-order valence-corrected chi connectivity index (χ1v) is 6.36. The van der Waals surface area contributed by atoms with Gasteiger partial charge >= 0.3 is 5.97 Å². The van der Waals surface area contributed by atoms with Gasteiger partial charge in [0.25, 0.3) is 11.2 Å². The Bertz CT molecular complexity index is 767. The fourth-order valence-corrected chi connectivity index (χ4v) is 1.88. The molecule has 2 rings (SSSR count). The van der Waals surface area contributed by atoms with Gasteiger partial charge in [-0.25, -0.2) is 9.48 Å². The lowest BCUT2D eigenvalue weighted by Gasteiger charge is -2.12. The van der Waals surface area contributed by atoms with Crippen molar-refractivity contribution in [2.45, 2.75) is 13.0 Å². The molecule has 1 heterocycles. The quantitative estimate of drug-likeness (QED) is 0.482. The zero-order valence-corrected chi connectivity index (χ0v) is 11.9. The smallest absolute Gasteiger partial charge is 0.330 e. The number of hydrogen-bond donors (Lipinski definition) is 0. The van der Waals surface area contributed by atoms with Crippen LogP contribution in [0.4, 0.5) is 5.69 Å². The van der Waals surface area contributed by atoms with Crippen molar-refractivity contribution in [3.05, 3.63) is 56.9 Å². The van der Waals surface area contributed by atoms with Gasteiger partial charge in [0, 0.05) is 23.8 Å². The van der Waals surface area contributed by atoms with Crippen molar-refractivity contribution in [1.82, 2.24) is 9.78 Å². The molecule has 0 N–H and O–H groups in total. The molecule has 2 aromatic rings. The predicted octanol–water partition coefficient (Wildman–Crippen LogP) is 1.55. The summed E-state index contributed by atoms with van der Waals surface area (Å²) in [6.45, 7) is 1.50. The molecule has 1 unspecified atom stereocenters. The second-order valence-corrected chi connectivity index (χ2v) is 4.50. The van der Waals surface area contributed by atoms with Crippen LogP contribution in [-0.4, -0.2) is 27.8 Å². The Morgan fingerprint density at radius 3 is 2.45 bits per heavy atom. The molecule has 0 saturated carbocycles. The predicted molar refractivity (Wildman–Crippen MR) is 77.3 cm³/mol. The van der Waals surface area contributed by atoms with E-state index >= 15 is 0 Å². The third kappa shape index (κ3) is 3.00. The summed E-state index contributed by atoms with van der Waals surface area (Å²) < 4.78 is 5.61. The number of rotatable bonds is 4. The molecule has 22 heavy (non-hydrogen) atoms. The number of benzene rings is 1. The van der Waals surface area contributed by atoms with Crippen LogP contribution in [0.2, 0.25) is 0 Å². The van der Waals surface area contributed by atoms with Crippen molar-refractivity contribution in [3.8, 4) is 11.3 Å². The van der Waals surface area contributed by atoms with E-state index in [1.54, 1.807) is 0 Å². The van der Waals surface area contributed by atoms with E-state index in [1.807, 2.05) is 0 Å². The lowest BCUT2D eigenvalue weighted by atomic mass is 10.1. The van der Waals surface area contributed by atoms with Gasteiger partial charge in [-0.3, -0.25) is 14.9 Å². The molecule has 0 bridgehead atoms. The second-order valence-electron chi connectivity index (χ2n) is 4.50. The summed E-state index contributed by atoms with van der Waals surface area (Å²) in [6, 6.07) is 7.64. The number of esters is 1. The van der Waals surface area contributed by atoms with Crippen LogP contribution in [0.15, 0.2) is 41.2 Å². The number of aromatic nitrogens is 2. The van der Waals surface area contributed by atoms with Crippen molar-refractivity contribution in [1.29, 1.82) is 0 Å². The van der Waals surface area contributed by atoms with Crippen LogP contribution >= 0.6 is 0 Å². The van der Waals surface area contributed by atoms with Crippen LogP contribution in [-0.2, 0) is 9.53 Å². The second kappa shape index (κ2) is 6.17. The summed E-state index contributed by atoms with van der Waals surface area (Å²) in [6.07, 6.45) is 0. The topological polar surface area (TPSA) is 104 Å². The summed E-state index contributed by atoms with van der Waals surface area (Å²) >= 11 is 0. The highest BCUT2D eigenvalue weighted by Crippen LogP contribution is 2.20. The molecule has 0 saturated heterocycles. The van der Waals surface area contributed by atoms with Crippen molar-refractivity contribution < 1.29 is 14.5 Å². The number of carbonyl (C=O) groups excluding carboxylic acids is 1. The molecule has 1 aromatic carbocycles. The van der Waals surface area contributed by atoms with E-state index in [0.29, 0.717) is 11.3 Å². The van der Waals surface area contributed by atoms with Crippen LogP contribution in [0.1, 0.15) is 13.0 Å². The Kier molecular flexibility index (Phi) is 4.31. The monoisotopic (exact) mass is 303 g/mol. The zero-order valence-electron chi connectivity index (χ0n) is 11.9. The molecule has 114 valence electrons. The molecule has 8 nitrogen and oxygen atoms in total. The van der Waals surface area contributed by atoms with E-state index in [-0.39, 0.29) is 5.69 Å². The molecule has 0 fully saturated rings. The number of carbonyl (C=O) groups is 1. The number of ether oxygens (including phenoxy) is 1. The summed E-state index contributed by atoms with van der Waals surface area (Å²) in [5.41, 5.74) is 0.533. The first kappa shape index (κ1) is 15.4. The van der Waals surface area contributed by atoms with Crippen LogP contribution in [0, 0.1) is 10.1 Å². The van der Waals surface area contributed by atoms with E-state index in [4.69, 9.17) is 0 Å². The van der Waals surface area contributed by atoms with Gasteiger partial charge in [-0.05, 0) is 25.1 Å². The highest BCUT2D eigenvalue weighted by molar-refractivity contribution is 5.73. The molecule has 8 heteroatoms. The van der Waals surface area contributed by atoms with E-state index in [1.165, 1.54) is 50.4 Å². The average Bonchev–Trinajstić information content (AvgIpc) is 2.54. The lowest BCUT2D eigenvalue weighted by Crippen LogP contribution is -2.30. The largest absolute Gasteiger partial charge is 0.467 e. The number of methoxy groups -OCH3 is 1. The van der Waals surface area contributed by atoms with Crippen LogP contribution in [0.25, 0.3) is 11.3 Å². The van der Waals surface area contributed by atoms with Gasteiger partial charge in [0.2, 0.25) is 0 Å². The van der Waals surface area contributed by atoms with Crippen molar-refractivity contribution in [2.24, 2.45) is 0 Å². The van der Waals surface area contributed by atoms with Crippen LogP contribution in [0.5, 0.6) is 0 Å². The Labute approximate surface area is 125 Å². The fraction of sp³-hybridized carbons (Fsp3) is 0.214. The highest BCUT2D eigenvalue weighted by atomic mass is 16.6. The molecular formula is C14H13N3O5. The molecule has 0 aliphatic rings. The highest BCUT2D eigenvalue weighted by Gasteiger charge is 2.18. The minimum absolute atomic E-state index is 0.0417. The fourth-order valence-electron chi connectivity index (χ4n) is 1.88. The summed E-state index contributed by atoms with van der Waals surface area (Å²) in [7, 11) is 1.23. The summed E-state index contributed by atoms with van der Waals surface area (Å²) in [5.74, 6) is -0.588. The van der Waals surface area contributed by atoms with Crippen LogP contribution in [0.3, 0.4) is 0 Å². The van der Waals surface area contributed by atoms with Gasteiger partial charge in [-0.15, -0.1) is 0 Å². The molecule has 0 aliphatic heterocycles. The molecule has 0 aliphatic carbocycles. The summed E-state index contributed by atoms with van der Waals surface area (Å²) in [4.78, 5) is 33.5. The van der Waals surface area contributed by atoms with E-state index < -0.39 is 22.5 Å². The van der Waals surface area contributed by atoms with Gasteiger partial charge in [0.1, 0.15) is 0 Å². The minimum atomic E-state index is -0.865. The van der Waals surface area contributed by atoms with Crippen molar-refractivity contribution in [2.75, 3.05) is 7.11 Å². The normalized spacial score (nSPS) is 11.7. The van der Waals surface area contributed by atoms with E-state index in [0.717, 1.165) is 4.68 Å². The zero-order chi connectivity index (χ0) is 16.3. The maximum atomic E-state index is 11.8. The first-order valence-electron chi connectivity index (χ1n) is 6.36.